The molecule has 0 spiro atoms. The van der Waals surface area contributed by atoms with E-state index < -0.39 is 5.41 Å². The van der Waals surface area contributed by atoms with Crippen molar-refractivity contribution in [1.82, 2.24) is 10.1 Å². The molecule has 0 saturated carbocycles. The van der Waals surface area contributed by atoms with E-state index in [0.29, 0.717) is 13.0 Å². The molecule has 0 fully saturated rings. The van der Waals surface area contributed by atoms with Gasteiger partial charge in [0, 0.05) is 24.1 Å². The van der Waals surface area contributed by atoms with Gasteiger partial charge >= 0.3 is 0 Å². The Kier molecular flexibility index (Phi) is 2.43. The SMILES string of the molecule is CCN1CC=C2C(C)(Cc3cnoc3C2(C)C)C1=O. The van der Waals surface area contributed by atoms with E-state index in [2.05, 4.69) is 32.0 Å². The number of amides is 1. The lowest BCUT2D eigenvalue weighted by Crippen LogP contribution is -2.53. The van der Waals surface area contributed by atoms with E-state index in [1.54, 1.807) is 6.20 Å². The Hall–Kier alpha value is -1.58. The molecule has 1 aromatic rings. The monoisotopic (exact) mass is 260 g/mol. The number of fused-ring (bicyclic) bond motifs is 2. The molecule has 2 heterocycles. The lowest BCUT2D eigenvalue weighted by molar-refractivity contribution is -0.140. The van der Waals surface area contributed by atoms with Gasteiger partial charge in [-0.15, -0.1) is 0 Å². The van der Waals surface area contributed by atoms with Crippen LogP contribution in [0, 0.1) is 5.41 Å². The Morgan fingerprint density at radius 2 is 2.16 bits per heavy atom. The smallest absolute Gasteiger partial charge is 0.233 e. The molecule has 1 aromatic heterocycles. The summed E-state index contributed by atoms with van der Waals surface area (Å²) in [5, 5.41) is 3.93. The minimum atomic E-state index is -0.448. The van der Waals surface area contributed by atoms with Crippen LogP contribution in [0.1, 0.15) is 39.0 Å². The quantitative estimate of drug-likeness (QED) is 0.728. The van der Waals surface area contributed by atoms with Gasteiger partial charge in [0.25, 0.3) is 0 Å². The van der Waals surface area contributed by atoms with Crippen LogP contribution in [0.3, 0.4) is 0 Å². The van der Waals surface area contributed by atoms with Gasteiger partial charge in [0.15, 0.2) is 0 Å². The fourth-order valence-corrected chi connectivity index (χ4v) is 3.77. The van der Waals surface area contributed by atoms with Crippen molar-refractivity contribution in [2.75, 3.05) is 13.1 Å². The number of carbonyl (C=O) groups excluding carboxylic acids is 1. The molecule has 4 heteroatoms. The van der Waals surface area contributed by atoms with Crippen LogP contribution in [0.25, 0.3) is 0 Å². The van der Waals surface area contributed by atoms with Gasteiger partial charge in [0.05, 0.1) is 11.6 Å². The predicted octanol–water partition coefficient (Wildman–Crippen LogP) is 2.30. The van der Waals surface area contributed by atoms with E-state index in [9.17, 15) is 4.79 Å². The summed E-state index contributed by atoms with van der Waals surface area (Å²) in [5.74, 6) is 1.14. The topological polar surface area (TPSA) is 46.3 Å². The lowest BCUT2D eigenvalue weighted by atomic mass is 9.59. The maximum absolute atomic E-state index is 12.8. The first-order chi connectivity index (χ1) is 8.91. The van der Waals surface area contributed by atoms with Crippen LogP contribution < -0.4 is 0 Å². The molecule has 0 bridgehead atoms. The fraction of sp³-hybridized carbons (Fsp3) is 0.600. The third kappa shape index (κ3) is 1.46. The second-order valence-electron chi connectivity index (χ2n) is 6.28. The molecule has 1 amide bonds. The largest absolute Gasteiger partial charge is 0.360 e. The number of rotatable bonds is 1. The zero-order valence-corrected chi connectivity index (χ0v) is 12.0. The van der Waals surface area contributed by atoms with Gasteiger partial charge in [0.2, 0.25) is 5.91 Å². The first kappa shape index (κ1) is 12.5. The Labute approximate surface area is 113 Å². The van der Waals surface area contributed by atoms with Crippen molar-refractivity contribution in [3.8, 4) is 0 Å². The highest BCUT2D eigenvalue weighted by Gasteiger charge is 2.53. The molecule has 0 aromatic carbocycles. The molecular weight excluding hydrogens is 240 g/mol. The fourth-order valence-electron chi connectivity index (χ4n) is 3.77. The molecule has 1 aliphatic heterocycles. The summed E-state index contributed by atoms with van der Waals surface area (Å²) in [6.07, 6.45) is 4.66. The summed E-state index contributed by atoms with van der Waals surface area (Å²) in [6.45, 7) is 9.78. The second-order valence-corrected chi connectivity index (χ2v) is 6.28. The van der Waals surface area contributed by atoms with Crippen LogP contribution >= 0.6 is 0 Å². The summed E-state index contributed by atoms with van der Waals surface area (Å²) in [6, 6.07) is 0. The molecule has 1 unspecified atom stereocenters. The van der Waals surface area contributed by atoms with Crippen LogP contribution in [0.15, 0.2) is 22.4 Å². The highest BCUT2D eigenvalue weighted by atomic mass is 16.5. The molecule has 3 rings (SSSR count). The number of nitrogens with zero attached hydrogens (tertiary/aromatic N) is 2. The Bertz CT molecular complexity index is 570. The van der Waals surface area contributed by atoms with Gasteiger partial charge in [-0.25, -0.2) is 0 Å². The van der Waals surface area contributed by atoms with Crippen LogP contribution in [0.4, 0.5) is 0 Å². The van der Waals surface area contributed by atoms with Crippen molar-refractivity contribution in [3.05, 3.63) is 29.2 Å². The summed E-state index contributed by atoms with van der Waals surface area (Å²) >= 11 is 0. The zero-order valence-electron chi connectivity index (χ0n) is 12.0. The molecule has 1 atom stereocenters. The maximum atomic E-state index is 12.8. The molecule has 19 heavy (non-hydrogen) atoms. The normalized spacial score (nSPS) is 28.7. The van der Waals surface area contributed by atoms with E-state index in [1.807, 2.05) is 11.8 Å². The van der Waals surface area contributed by atoms with Crippen molar-refractivity contribution < 1.29 is 9.32 Å². The molecule has 102 valence electrons. The second kappa shape index (κ2) is 3.71. The van der Waals surface area contributed by atoms with Gasteiger partial charge in [-0.3, -0.25) is 4.79 Å². The molecule has 0 saturated heterocycles. The first-order valence-electron chi connectivity index (χ1n) is 6.85. The summed E-state index contributed by atoms with van der Waals surface area (Å²) in [4.78, 5) is 14.7. The number of hydrogen-bond acceptors (Lipinski definition) is 3. The first-order valence-corrected chi connectivity index (χ1v) is 6.85. The third-order valence-electron chi connectivity index (χ3n) is 4.68. The van der Waals surface area contributed by atoms with Gasteiger partial charge < -0.3 is 9.42 Å². The van der Waals surface area contributed by atoms with Crippen LogP contribution in [-0.2, 0) is 16.6 Å². The number of hydrogen-bond donors (Lipinski definition) is 0. The van der Waals surface area contributed by atoms with Crippen molar-refractivity contribution in [2.24, 2.45) is 5.41 Å². The van der Waals surface area contributed by atoms with Crippen molar-refractivity contribution >= 4 is 5.91 Å². The maximum Gasteiger partial charge on any atom is 0.233 e. The van der Waals surface area contributed by atoms with Crippen molar-refractivity contribution in [3.63, 3.8) is 0 Å². The Morgan fingerprint density at radius 1 is 1.42 bits per heavy atom. The average Bonchev–Trinajstić information content (AvgIpc) is 2.80. The lowest BCUT2D eigenvalue weighted by Gasteiger charge is -2.47. The molecule has 0 N–H and O–H groups in total. The van der Waals surface area contributed by atoms with Crippen molar-refractivity contribution in [1.29, 1.82) is 0 Å². The minimum Gasteiger partial charge on any atom is -0.360 e. The van der Waals surface area contributed by atoms with E-state index in [1.165, 1.54) is 5.57 Å². The molecule has 2 aliphatic rings. The summed E-state index contributed by atoms with van der Waals surface area (Å²) in [5.41, 5.74) is 1.54. The zero-order chi connectivity index (χ0) is 13.8. The van der Waals surface area contributed by atoms with Gasteiger partial charge in [-0.05, 0) is 39.7 Å². The summed E-state index contributed by atoms with van der Waals surface area (Å²) in [7, 11) is 0. The van der Waals surface area contributed by atoms with Crippen LogP contribution in [-0.4, -0.2) is 29.1 Å². The van der Waals surface area contributed by atoms with Crippen LogP contribution in [0.2, 0.25) is 0 Å². The standard InChI is InChI=1S/C15H20N2O2/c1-5-17-7-6-11-14(2,3)12-10(9-16-19-12)8-15(11,4)13(17)18/h6,9H,5,7-8H2,1-4H3. The minimum absolute atomic E-state index is 0.229. The average molecular weight is 260 g/mol. The van der Waals surface area contributed by atoms with Crippen LogP contribution in [0.5, 0.6) is 0 Å². The number of carbonyl (C=O) groups is 1. The van der Waals surface area contributed by atoms with Gasteiger partial charge in [0.1, 0.15) is 5.76 Å². The third-order valence-corrected chi connectivity index (χ3v) is 4.68. The molecule has 4 nitrogen and oxygen atoms in total. The van der Waals surface area contributed by atoms with E-state index in [0.717, 1.165) is 17.9 Å². The highest BCUT2D eigenvalue weighted by Crippen LogP contribution is 2.52. The molecular formula is C15H20N2O2. The van der Waals surface area contributed by atoms with Crippen molar-refractivity contribution in [2.45, 2.75) is 39.5 Å². The van der Waals surface area contributed by atoms with Gasteiger partial charge in [-0.1, -0.05) is 11.2 Å². The summed E-state index contributed by atoms with van der Waals surface area (Å²) < 4.78 is 5.44. The highest BCUT2D eigenvalue weighted by molar-refractivity contribution is 5.88. The van der Waals surface area contributed by atoms with Gasteiger partial charge in [-0.2, -0.15) is 0 Å². The van der Waals surface area contributed by atoms with E-state index in [4.69, 9.17) is 4.52 Å². The number of likely N-dealkylation sites (N-methyl/N-ethyl adjacent to an activating group) is 1. The van der Waals surface area contributed by atoms with E-state index >= 15 is 0 Å². The number of aromatic nitrogens is 1. The predicted molar refractivity (Wildman–Crippen MR) is 71.7 cm³/mol. The van der Waals surface area contributed by atoms with E-state index in [-0.39, 0.29) is 11.3 Å². The Morgan fingerprint density at radius 3 is 2.84 bits per heavy atom. The molecule has 1 aliphatic carbocycles. The molecule has 0 radical (unpaired) electrons. The Balaban J connectivity index is 2.19.